The molecule has 168 valence electrons. The van der Waals surface area contributed by atoms with E-state index in [2.05, 4.69) is 9.55 Å². The van der Waals surface area contributed by atoms with Crippen LogP contribution >= 0.6 is 0 Å². The molecule has 1 aromatic heterocycles. The zero-order chi connectivity index (χ0) is 22.3. The molecule has 0 aliphatic carbocycles. The molecule has 0 radical (unpaired) electrons. The summed E-state index contributed by atoms with van der Waals surface area (Å²) in [4.78, 5) is 19.8. The van der Waals surface area contributed by atoms with Crippen LogP contribution in [0.15, 0.2) is 60.9 Å². The van der Waals surface area contributed by atoms with Gasteiger partial charge in [-0.3, -0.25) is 4.79 Å². The molecule has 32 heavy (non-hydrogen) atoms. The second kappa shape index (κ2) is 10.3. The van der Waals surface area contributed by atoms with Gasteiger partial charge in [-0.05, 0) is 48.7 Å². The second-order valence-electron chi connectivity index (χ2n) is 7.87. The van der Waals surface area contributed by atoms with Crippen molar-refractivity contribution in [2.75, 3.05) is 27.4 Å². The number of rotatable bonds is 9. The Kier molecular flexibility index (Phi) is 7.07. The Morgan fingerprint density at radius 1 is 1.16 bits per heavy atom. The molecule has 1 saturated heterocycles. The van der Waals surface area contributed by atoms with Crippen LogP contribution in [-0.4, -0.2) is 53.8 Å². The van der Waals surface area contributed by atoms with Crippen molar-refractivity contribution in [2.24, 2.45) is 0 Å². The van der Waals surface area contributed by atoms with Crippen LogP contribution in [0, 0.1) is 0 Å². The summed E-state index contributed by atoms with van der Waals surface area (Å²) in [6.45, 7) is 2.35. The van der Waals surface area contributed by atoms with Gasteiger partial charge in [0.05, 0.1) is 26.9 Å². The normalized spacial score (nSPS) is 15.5. The smallest absolute Gasteiger partial charge is 0.254 e. The average molecular weight is 436 g/mol. The first kappa shape index (κ1) is 21.9. The predicted octanol–water partition coefficient (Wildman–Crippen LogP) is 3.77. The number of benzene rings is 2. The average Bonchev–Trinajstić information content (AvgIpc) is 3.51. The molecule has 1 fully saturated rings. The number of amides is 1. The van der Waals surface area contributed by atoms with E-state index in [4.69, 9.17) is 14.2 Å². The fourth-order valence-electron chi connectivity index (χ4n) is 3.93. The van der Waals surface area contributed by atoms with E-state index < -0.39 is 0 Å². The topological polar surface area (TPSA) is 65.8 Å². The number of hydrogen-bond donors (Lipinski definition) is 0. The fourth-order valence-corrected chi connectivity index (χ4v) is 3.93. The van der Waals surface area contributed by atoms with Crippen molar-refractivity contribution in [3.05, 3.63) is 77.9 Å². The summed E-state index contributed by atoms with van der Waals surface area (Å²) < 4.78 is 18.4. The number of nitrogens with zero attached hydrogens (tertiary/aromatic N) is 3. The maximum atomic E-state index is 13.4. The van der Waals surface area contributed by atoms with Crippen LogP contribution in [0.3, 0.4) is 0 Å². The Balaban J connectivity index is 1.54. The SMILES string of the molecule is COc1ccc(Cn2ccnc2CN(CC2CCCO2)C(=O)c2cccc(OC)c2)cc1. The molecule has 2 heterocycles. The molecule has 0 spiro atoms. The number of hydrogen-bond acceptors (Lipinski definition) is 5. The summed E-state index contributed by atoms with van der Waals surface area (Å²) in [6, 6.07) is 15.2. The maximum absolute atomic E-state index is 13.4. The number of carbonyl (C=O) groups is 1. The molecule has 1 aliphatic heterocycles. The first-order chi connectivity index (χ1) is 15.7. The van der Waals surface area contributed by atoms with Crippen molar-refractivity contribution in [1.29, 1.82) is 0 Å². The first-order valence-corrected chi connectivity index (χ1v) is 10.8. The van der Waals surface area contributed by atoms with Crippen LogP contribution in [-0.2, 0) is 17.8 Å². The minimum absolute atomic E-state index is 0.0505. The van der Waals surface area contributed by atoms with Crippen molar-refractivity contribution in [2.45, 2.75) is 32.0 Å². The number of ether oxygens (including phenoxy) is 3. The summed E-state index contributed by atoms with van der Waals surface area (Å²) in [5, 5.41) is 0. The van der Waals surface area contributed by atoms with Gasteiger partial charge in [-0.1, -0.05) is 18.2 Å². The van der Waals surface area contributed by atoms with E-state index in [0.29, 0.717) is 30.9 Å². The molecular formula is C25H29N3O4. The van der Waals surface area contributed by atoms with Crippen molar-refractivity contribution in [1.82, 2.24) is 14.5 Å². The molecule has 1 unspecified atom stereocenters. The fraction of sp³-hybridized carbons (Fsp3) is 0.360. The van der Waals surface area contributed by atoms with Crippen LogP contribution in [0.25, 0.3) is 0 Å². The third-order valence-corrected chi connectivity index (χ3v) is 5.70. The molecule has 3 aromatic rings. The van der Waals surface area contributed by atoms with Gasteiger partial charge in [0.25, 0.3) is 5.91 Å². The minimum Gasteiger partial charge on any atom is -0.497 e. The van der Waals surface area contributed by atoms with Gasteiger partial charge in [0, 0.05) is 37.7 Å². The predicted molar refractivity (Wildman–Crippen MR) is 121 cm³/mol. The Hall–Kier alpha value is -3.32. The molecule has 0 bridgehead atoms. The van der Waals surface area contributed by atoms with Gasteiger partial charge >= 0.3 is 0 Å². The van der Waals surface area contributed by atoms with Crippen LogP contribution in [0.2, 0.25) is 0 Å². The van der Waals surface area contributed by atoms with E-state index in [0.717, 1.165) is 36.6 Å². The summed E-state index contributed by atoms with van der Waals surface area (Å²) in [5.74, 6) is 2.26. The molecule has 4 rings (SSSR count). The Bertz CT molecular complexity index is 1030. The second-order valence-corrected chi connectivity index (χ2v) is 7.87. The number of carbonyl (C=O) groups excluding carboxylic acids is 1. The van der Waals surface area contributed by atoms with Gasteiger partial charge in [-0.2, -0.15) is 0 Å². The van der Waals surface area contributed by atoms with Crippen molar-refractivity contribution in [3.63, 3.8) is 0 Å². The van der Waals surface area contributed by atoms with Gasteiger partial charge in [0.15, 0.2) is 0 Å². The third kappa shape index (κ3) is 5.29. The van der Waals surface area contributed by atoms with Gasteiger partial charge < -0.3 is 23.7 Å². The van der Waals surface area contributed by atoms with Crippen LogP contribution < -0.4 is 9.47 Å². The lowest BCUT2D eigenvalue weighted by molar-refractivity contribution is 0.0499. The van der Waals surface area contributed by atoms with Gasteiger partial charge in [0.2, 0.25) is 0 Å². The lowest BCUT2D eigenvalue weighted by Crippen LogP contribution is -2.37. The van der Waals surface area contributed by atoms with E-state index in [-0.39, 0.29) is 12.0 Å². The zero-order valence-electron chi connectivity index (χ0n) is 18.6. The Morgan fingerprint density at radius 2 is 1.97 bits per heavy atom. The van der Waals surface area contributed by atoms with Gasteiger partial charge in [0.1, 0.15) is 17.3 Å². The van der Waals surface area contributed by atoms with E-state index in [1.807, 2.05) is 53.6 Å². The summed E-state index contributed by atoms with van der Waals surface area (Å²) in [7, 11) is 3.26. The Labute approximate surface area is 188 Å². The molecule has 0 N–H and O–H groups in total. The molecule has 7 heteroatoms. The summed E-state index contributed by atoms with van der Waals surface area (Å²) in [5.41, 5.74) is 1.73. The highest BCUT2D eigenvalue weighted by molar-refractivity contribution is 5.94. The zero-order valence-corrected chi connectivity index (χ0v) is 18.6. The molecular weight excluding hydrogens is 406 g/mol. The molecule has 2 aromatic carbocycles. The summed E-state index contributed by atoms with van der Waals surface area (Å²) in [6.07, 6.45) is 5.76. The van der Waals surface area contributed by atoms with Crippen molar-refractivity contribution in [3.8, 4) is 11.5 Å². The molecule has 1 aliphatic rings. The van der Waals surface area contributed by atoms with E-state index in [9.17, 15) is 4.79 Å². The Morgan fingerprint density at radius 3 is 2.69 bits per heavy atom. The number of methoxy groups -OCH3 is 2. The minimum atomic E-state index is -0.0570. The highest BCUT2D eigenvalue weighted by Crippen LogP contribution is 2.20. The summed E-state index contributed by atoms with van der Waals surface area (Å²) >= 11 is 0. The largest absolute Gasteiger partial charge is 0.497 e. The van der Waals surface area contributed by atoms with Crippen molar-refractivity contribution < 1.29 is 19.0 Å². The highest BCUT2D eigenvalue weighted by atomic mass is 16.5. The van der Waals surface area contributed by atoms with E-state index in [1.54, 1.807) is 26.5 Å². The lowest BCUT2D eigenvalue weighted by atomic mass is 10.1. The van der Waals surface area contributed by atoms with E-state index in [1.165, 1.54) is 0 Å². The molecule has 0 saturated carbocycles. The highest BCUT2D eigenvalue weighted by Gasteiger charge is 2.25. The molecule has 1 atom stereocenters. The van der Waals surface area contributed by atoms with Gasteiger partial charge in [-0.25, -0.2) is 4.98 Å². The first-order valence-electron chi connectivity index (χ1n) is 10.8. The molecule has 1 amide bonds. The van der Waals surface area contributed by atoms with Crippen LogP contribution in [0.5, 0.6) is 11.5 Å². The number of imidazole rings is 1. The van der Waals surface area contributed by atoms with Crippen molar-refractivity contribution >= 4 is 5.91 Å². The number of aromatic nitrogens is 2. The van der Waals surface area contributed by atoms with Crippen LogP contribution in [0.1, 0.15) is 34.6 Å². The van der Waals surface area contributed by atoms with Gasteiger partial charge in [-0.15, -0.1) is 0 Å². The van der Waals surface area contributed by atoms with Crippen LogP contribution in [0.4, 0.5) is 0 Å². The lowest BCUT2D eigenvalue weighted by Gasteiger charge is -2.26. The standard InChI is InChI=1S/C25H29N3O4/c1-30-21-10-8-19(9-11-21)16-27-13-12-26-24(27)18-28(17-23-7-4-14-32-23)25(29)20-5-3-6-22(15-20)31-2/h3,5-6,8-13,15,23H,4,7,14,16-18H2,1-2H3. The quantitative estimate of drug-likeness (QED) is 0.512. The third-order valence-electron chi connectivity index (χ3n) is 5.70. The monoisotopic (exact) mass is 435 g/mol. The van der Waals surface area contributed by atoms with E-state index >= 15 is 0 Å². The molecule has 7 nitrogen and oxygen atoms in total. The maximum Gasteiger partial charge on any atom is 0.254 e.